The number of aryl methyl sites for hydroxylation is 1. The average Bonchev–Trinajstić information content (AvgIpc) is 2.69. The minimum Gasteiger partial charge on any atom is -0.334 e. The molecule has 6 heteroatoms. The Bertz CT molecular complexity index is 560. The van der Waals surface area contributed by atoms with Crippen LogP contribution >= 0.6 is 0 Å². The van der Waals surface area contributed by atoms with Gasteiger partial charge in [0.2, 0.25) is 0 Å². The Morgan fingerprint density at radius 3 is 3.18 bits per heavy atom. The third kappa shape index (κ3) is 2.41. The molecule has 0 aliphatic rings. The van der Waals surface area contributed by atoms with E-state index in [1.807, 2.05) is 19.1 Å². The Balaban J connectivity index is 2.19. The zero-order valence-corrected chi connectivity index (χ0v) is 9.45. The van der Waals surface area contributed by atoms with Gasteiger partial charge in [0.15, 0.2) is 11.5 Å². The molecule has 0 atom stereocenters. The van der Waals surface area contributed by atoms with Crippen molar-refractivity contribution < 1.29 is 4.79 Å². The summed E-state index contributed by atoms with van der Waals surface area (Å²) in [6.45, 7) is 5.82. The van der Waals surface area contributed by atoms with Gasteiger partial charge in [0.25, 0.3) is 0 Å². The molecule has 0 saturated heterocycles. The zero-order chi connectivity index (χ0) is 12.3. The Labute approximate surface area is 98.1 Å². The van der Waals surface area contributed by atoms with E-state index in [4.69, 9.17) is 0 Å². The summed E-state index contributed by atoms with van der Waals surface area (Å²) in [5, 5.41) is 12.8. The van der Waals surface area contributed by atoms with Crippen LogP contribution in [0.3, 0.4) is 0 Å². The second-order valence-electron chi connectivity index (χ2n) is 3.54. The quantitative estimate of drug-likeness (QED) is 0.701. The number of hydrogen-bond donors (Lipinski definition) is 3. The van der Waals surface area contributed by atoms with Gasteiger partial charge in [-0.2, -0.15) is 5.10 Å². The van der Waals surface area contributed by atoms with Gasteiger partial charge in [0.1, 0.15) is 0 Å². The predicted octanol–water partition coefficient (Wildman–Crippen LogP) is 1.57. The first-order valence-corrected chi connectivity index (χ1v) is 5.18. The number of carbonyl (C=O) groups is 1. The minimum atomic E-state index is -0.320. The molecule has 2 rings (SSSR count). The lowest BCUT2D eigenvalue weighted by molar-refractivity contribution is 0.253. The smallest absolute Gasteiger partial charge is 0.320 e. The van der Waals surface area contributed by atoms with E-state index in [0.717, 1.165) is 11.1 Å². The lowest BCUT2D eigenvalue weighted by Gasteiger charge is -2.02. The van der Waals surface area contributed by atoms with Crippen LogP contribution in [0.25, 0.3) is 11.0 Å². The molecule has 0 bridgehead atoms. The van der Waals surface area contributed by atoms with Crippen LogP contribution in [0.1, 0.15) is 5.69 Å². The SMILES string of the molecule is C=CCNC(=O)Nc1n[nH]c2nc(C)ccc12. The number of fused-ring (bicyclic) bond motifs is 1. The fourth-order valence-corrected chi connectivity index (χ4v) is 1.41. The molecule has 6 nitrogen and oxygen atoms in total. The van der Waals surface area contributed by atoms with Crippen LogP contribution in [0.15, 0.2) is 24.8 Å². The van der Waals surface area contributed by atoms with Crippen molar-refractivity contribution in [1.29, 1.82) is 0 Å². The summed E-state index contributed by atoms with van der Waals surface area (Å²) in [5.74, 6) is 0.467. The second-order valence-corrected chi connectivity index (χ2v) is 3.54. The monoisotopic (exact) mass is 231 g/mol. The summed E-state index contributed by atoms with van der Waals surface area (Å²) in [5.41, 5.74) is 1.55. The number of nitrogens with one attached hydrogen (secondary N) is 3. The Kier molecular flexibility index (Phi) is 3.04. The summed E-state index contributed by atoms with van der Waals surface area (Å²) in [7, 11) is 0. The Morgan fingerprint density at radius 2 is 2.41 bits per heavy atom. The Hall–Kier alpha value is -2.37. The summed E-state index contributed by atoms with van der Waals surface area (Å²) >= 11 is 0. The first kappa shape index (κ1) is 11.1. The van der Waals surface area contributed by atoms with Crippen molar-refractivity contribution in [2.45, 2.75) is 6.92 Å². The molecule has 2 aromatic rings. The van der Waals surface area contributed by atoms with Gasteiger partial charge >= 0.3 is 6.03 Å². The standard InChI is InChI=1S/C11H13N5O/c1-3-6-12-11(17)14-10-8-5-4-7(2)13-9(8)15-16-10/h3-5H,1,6H2,2H3,(H3,12,13,14,15,16,17). The molecule has 0 radical (unpaired) electrons. The van der Waals surface area contributed by atoms with Crippen molar-refractivity contribution in [2.24, 2.45) is 0 Å². The van der Waals surface area contributed by atoms with Crippen molar-refractivity contribution in [2.75, 3.05) is 11.9 Å². The summed E-state index contributed by atoms with van der Waals surface area (Å²) < 4.78 is 0. The minimum absolute atomic E-state index is 0.320. The van der Waals surface area contributed by atoms with Gasteiger partial charge in [0, 0.05) is 12.2 Å². The number of carbonyl (C=O) groups excluding carboxylic acids is 1. The molecule has 0 fully saturated rings. The number of hydrogen-bond acceptors (Lipinski definition) is 3. The van der Waals surface area contributed by atoms with E-state index in [1.165, 1.54) is 0 Å². The number of rotatable bonds is 3. The molecule has 0 aromatic carbocycles. The summed E-state index contributed by atoms with van der Waals surface area (Å²) in [6.07, 6.45) is 1.60. The van der Waals surface area contributed by atoms with E-state index < -0.39 is 0 Å². The molecular weight excluding hydrogens is 218 g/mol. The van der Waals surface area contributed by atoms with Gasteiger partial charge < -0.3 is 5.32 Å². The molecule has 0 aliphatic carbocycles. The number of pyridine rings is 1. The number of aromatic amines is 1. The van der Waals surface area contributed by atoms with Crippen molar-refractivity contribution in [3.63, 3.8) is 0 Å². The maximum atomic E-state index is 11.4. The van der Waals surface area contributed by atoms with Crippen molar-refractivity contribution in [3.8, 4) is 0 Å². The maximum Gasteiger partial charge on any atom is 0.320 e. The molecule has 0 saturated carbocycles. The molecule has 0 unspecified atom stereocenters. The largest absolute Gasteiger partial charge is 0.334 e. The Morgan fingerprint density at radius 1 is 1.59 bits per heavy atom. The molecule has 2 aromatic heterocycles. The van der Waals surface area contributed by atoms with Crippen molar-refractivity contribution in [1.82, 2.24) is 20.5 Å². The molecule has 3 N–H and O–H groups in total. The number of aromatic nitrogens is 3. The number of anilines is 1. The summed E-state index contributed by atoms with van der Waals surface area (Å²) in [6, 6.07) is 3.41. The number of amides is 2. The highest BCUT2D eigenvalue weighted by Crippen LogP contribution is 2.18. The fraction of sp³-hybridized carbons (Fsp3) is 0.182. The van der Waals surface area contributed by atoms with Gasteiger partial charge in [0.05, 0.1) is 5.39 Å². The summed E-state index contributed by atoms with van der Waals surface area (Å²) in [4.78, 5) is 15.7. The fourth-order valence-electron chi connectivity index (χ4n) is 1.41. The van der Waals surface area contributed by atoms with E-state index in [2.05, 4.69) is 32.4 Å². The van der Waals surface area contributed by atoms with Gasteiger partial charge in [-0.05, 0) is 19.1 Å². The van der Waals surface area contributed by atoms with Crippen molar-refractivity contribution in [3.05, 3.63) is 30.5 Å². The third-order valence-corrected chi connectivity index (χ3v) is 2.20. The molecule has 0 aliphatic heterocycles. The predicted molar refractivity (Wildman–Crippen MR) is 65.8 cm³/mol. The highest BCUT2D eigenvalue weighted by Gasteiger charge is 2.09. The van der Waals surface area contributed by atoms with E-state index in [-0.39, 0.29) is 6.03 Å². The highest BCUT2D eigenvalue weighted by atomic mass is 16.2. The van der Waals surface area contributed by atoms with Crippen LogP contribution in [0, 0.1) is 6.92 Å². The van der Waals surface area contributed by atoms with Gasteiger partial charge in [-0.15, -0.1) is 6.58 Å². The highest BCUT2D eigenvalue weighted by molar-refractivity contribution is 5.97. The molecule has 2 heterocycles. The van der Waals surface area contributed by atoms with Crippen molar-refractivity contribution >= 4 is 22.9 Å². The van der Waals surface area contributed by atoms with Crippen LogP contribution in [0.2, 0.25) is 0 Å². The lowest BCUT2D eigenvalue weighted by Crippen LogP contribution is -2.28. The van der Waals surface area contributed by atoms with Crippen LogP contribution < -0.4 is 10.6 Å². The lowest BCUT2D eigenvalue weighted by atomic mass is 10.3. The third-order valence-electron chi connectivity index (χ3n) is 2.20. The maximum absolute atomic E-state index is 11.4. The normalized spacial score (nSPS) is 10.2. The molecule has 88 valence electrons. The second kappa shape index (κ2) is 4.65. The topological polar surface area (TPSA) is 82.7 Å². The van der Waals surface area contributed by atoms with E-state index in [1.54, 1.807) is 6.08 Å². The first-order chi connectivity index (χ1) is 8.20. The number of urea groups is 1. The van der Waals surface area contributed by atoms with Gasteiger partial charge in [-0.25, -0.2) is 9.78 Å². The van der Waals surface area contributed by atoms with Crippen LogP contribution in [-0.4, -0.2) is 27.8 Å². The van der Waals surface area contributed by atoms with Crippen LogP contribution in [0.5, 0.6) is 0 Å². The average molecular weight is 231 g/mol. The van der Waals surface area contributed by atoms with Gasteiger partial charge in [-0.3, -0.25) is 10.4 Å². The molecule has 0 spiro atoms. The molecule has 17 heavy (non-hydrogen) atoms. The molecule has 2 amide bonds. The van der Waals surface area contributed by atoms with E-state index in [9.17, 15) is 4.79 Å². The number of H-pyrrole nitrogens is 1. The van der Waals surface area contributed by atoms with Gasteiger partial charge in [-0.1, -0.05) is 6.08 Å². The van der Waals surface area contributed by atoms with E-state index in [0.29, 0.717) is 18.0 Å². The zero-order valence-electron chi connectivity index (χ0n) is 9.45. The van der Waals surface area contributed by atoms with Crippen LogP contribution in [0.4, 0.5) is 10.6 Å². The van der Waals surface area contributed by atoms with E-state index >= 15 is 0 Å². The number of nitrogens with zero attached hydrogens (tertiary/aromatic N) is 2. The molecular formula is C11H13N5O. The first-order valence-electron chi connectivity index (χ1n) is 5.18. The van der Waals surface area contributed by atoms with Crippen LogP contribution in [-0.2, 0) is 0 Å².